The lowest BCUT2D eigenvalue weighted by Gasteiger charge is -2.10. The fourth-order valence-corrected chi connectivity index (χ4v) is 3.55. The van der Waals surface area contributed by atoms with Gasteiger partial charge in [0.25, 0.3) is 10.0 Å². The van der Waals surface area contributed by atoms with Gasteiger partial charge < -0.3 is 10.1 Å². The van der Waals surface area contributed by atoms with Crippen molar-refractivity contribution in [2.45, 2.75) is 11.3 Å². The van der Waals surface area contributed by atoms with Crippen molar-refractivity contribution in [3.8, 4) is 5.75 Å². The largest absolute Gasteiger partial charge is 0.493 e. The first kappa shape index (κ1) is 21.3. The highest BCUT2D eigenvalue weighted by Crippen LogP contribution is 2.19. The number of sulfonamides is 1. The molecule has 0 fully saturated rings. The van der Waals surface area contributed by atoms with Gasteiger partial charge >= 0.3 is 0 Å². The fourth-order valence-electron chi connectivity index (χ4n) is 2.50. The lowest BCUT2D eigenvalue weighted by molar-refractivity contribution is -0.116. The van der Waals surface area contributed by atoms with Crippen LogP contribution in [0.4, 0.5) is 20.2 Å². The fraction of sp³-hybridized carbons (Fsp3) is 0.0952. The van der Waals surface area contributed by atoms with E-state index in [1.165, 1.54) is 66.7 Å². The molecule has 3 rings (SSSR count). The van der Waals surface area contributed by atoms with Crippen molar-refractivity contribution in [2.24, 2.45) is 0 Å². The maximum Gasteiger partial charge on any atom is 0.261 e. The van der Waals surface area contributed by atoms with Gasteiger partial charge in [-0.25, -0.2) is 17.2 Å². The number of benzene rings is 3. The van der Waals surface area contributed by atoms with Crippen molar-refractivity contribution in [1.82, 2.24) is 0 Å². The van der Waals surface area contributed by atoms with E-state index < -0.39 is 15.8 Å². The zero-order chi connectivity index (χ0) is 21.6. The predicted octanol–water partition coefficient (Wildman–Crippen LogP) is 4.17. The molecule has 0 aliphatic carbocycles. The topological polar surface area (TPSA) is 84.5 Å². The molecule has 0 radical (unpaired) electrons. The van der Waals surface area contributed by atoms with E-state index in [0.29, 0.717) is 11.4 Å². The van der Waals surface area contributed by atoms with Gasteiger partial charge in [-0.15, -0.1) is 0 Å². The normalized spacial score (nSPS) is 11.0. The minimum Gasteiger partial charge on any atom is -0.493 e. The molecule has 9 heteroatoms. The Bertz CT molecular complexity index is 1120. The molecule has 2 N–H and O–H groups in total. The smallest absolute Gasteiger partial charge is 0.261 e. The standard InChI is InChI=1S/C21H18F2N2O4S/c22-15-4-8-19(9-5-15)29-13-12-21(26)24-17-6-10-20(11-7-17)30(27,28)25-18-3-1-2-16(23)14-18/h1-11,14,25H,12-13H2,(H,24,26). The van der Waals surface area contributed by atoms with E-state index in [1.54, 1.807) is 0 Å². The minimum absolute atomic E-state index is 0.0376. The van der Waals surface area contributed by atoms with E-state index in [-0.39, 0.29) is 35.3 Å². The van der Waals surface area contributed by atoms with Crippen molar-refractivity contribution in [3.05, 3.63) is 84.4 Å². The van der Waals surface area contributed by atoms with Gasteiger partial charge in [-0.2, -0.15) is 0 Å². The maximum absolute atomic E-state index is 13.2. The Labute approximate surface area is 172 Å². The van der Waals surface area contributed by atoms with Crippen LogP contribution in [0.2, 0.25) is 0 Å². The van der Waals surface area contributed by atoms with Crippen LogP contribution >= 0.6 is 0 Å². The van der Waals surface area contributed by atoms with Gasteiger partial charge in [0.2, 0.25) is 5.91 Å². The maximum atomic E-state index is 13.2. The Morgan fingerprint density at radius 3 is 2.23 bits per heavy atom. The third-order valence-electron chi connectivity index (χ3n) is 3.94. The van der Waals surface area contributed by atoms with Crippen LogP contribution in [-0.2, 0) is 14.8 Å². The number of anilines is 2. The Balaban J connectivity index is 1.53. The SMILES string of the molecule is O=C(CCOc1ccc(F)cc1)Nc1ccc(S(=O)(=O)Nc2cccc(F)c2)cc1. The van der Waals surface area contributed by atoms with E-state index in [9.17, 15) is 22.0 Å². The highest BCUT2D eigenvalue weighted by Gasteiger charge is 2.14. The Morgan fingerprint density at radius 2 is 1.57 bits per heavy atom. The first-order valence-corrected chi connectivity index (χ1v) is 10.4. The monoisotopic (exact) mass is 432 g/mol. The number of hydrogen-bond acceptors (Lipinski definition) is 4. The number of halogens is 2. The molecule has 0 saturated heterocycles. The van der Waals surface area contributed by atoms with Crippen LogP contribution < -0.4 is 14.8 Å². The van der Waals surface area contributed by atoms with E-state index in [1.807, 2.05) is 0 Å². The van der Waals surface area contributed by atoms with Gasteiger partial charge in [-0.05, 0) is 66.7 Å². The molecule has 0 aromatic heterocycles. The zero-order valence-electron chi connectivity index (χ0n) is 15.6. The Kier molecular flexibility index (Phi) is 6.63. The minimum atomic E-state index is -3.90. The van der Waals surface area contributed by atoms with E-state index in [2.05, 4.69) is 10.0 Å². The molecule has 6 nitrogen and oxygen atoms in total. The van der Waals surface area contributed by atoms with Crippen LogP contribution in [-0.4, -0.2) is 20.9 Å². The van der Waals surface area contributed by atoms with Gasteiger partial charge in [-0.1, -0.05) is 6.07 Å². The molecule has 0 aliphatic heterocycles. The number of carbonyl (C=O) groups is 1. The summed E-state index contributed by atoms with van der Waals surface area (Å²) in [5, 5.41) is 2.63. The van der Waals surface area contributed by atoms with Crippen molar-refractivity contribution in [3.63, 3.8) is 0 Å². The van der Waals surface area contributed by atoms with Crippen LogP contribution in [0.1, 0.15) is 6.42 Å². The molecule has 0 aliphatic rings. The molecule has 0 atom stereocenters. The van der Waals surface area contributed by atoms with Crippen LogP contribution in [0.15, 0.2) is 77.7 Å². The summed E-state index contributed by atoms with van der Waals surface area (Å²) in [6.45, 7) is 0.0987. The second-order valence-corrected chi connectivity index (χ2v) is 7.92. The third kappa shape index (κ3) is 6.02. The van der Waals surface area contributed by atoms with Crippen molar-refractivity contribution in [1.29, 1.82) is 0 Å². The van der Waals surface area contributed by atoms with Gasteiger partial charge in [0.15, 0.2) is 0 Å². The molecule has 0 heterocycles. The number of amides is 1. The van der Waals surface area contributed by atoms with Crippen LogP contribution in [0, 0.1) is 11.6 Å². The summed E-state index contributed by atoms with van der Waals surface area (Å²) < 4.78 is 58.5. The van der Waals surface area contributed by atoms with Crippen LogP contribution in [0.5, 0.6) is 5.75 Å². The summed E-state index contributed by atoms with van der Waals surface area (Å²) in [6, 6.07) is 16.1. The highest BCUT2D eigenvalue weighted by atomic mass is 32.2. The van der Waals surface area contributed by atoms with Gasteiger partial charge in [0, 0.05) is 5.69 Å². The quantitative estimate of drug-likeness (QED) is 0.560. The highest BCUT2D eigenvalue weighted by molar-refractivity contribution is 7.92. The first-order chi connectivity index (χ1) is 14.3. The number of rotatable bonds is 8. The van der Waals surface area contributed by atoms with Crippen LogP contribution in [0.25, 0.3) is 0 Å². The van der Waals surface area contributed by atoms with E-state index in [0.717, 1.165) is 6.07 Å². The predicted molar refractivity (Wildman–Crippen MR) is 109 cm³/mol. The molecular formula is C21H18F2N2O4S. The molecule has 3 aromatic carbocycles. The molecule has 0 spiro atoms. The number of hydrogen-bond donors (Lipinski definition) is 2. The van der Waals surface area contributed by atoms with E-state index in [4.69, 9.17) is 4.74 Å². The number of nitrogens with one attached hydrogen (secondary N) is 2. The first-order valence-electron chi connectivity index (χ1n) is 8.88. The third-order valence-corrected chi connectivity index (χ3v) is 5.33. The van der Waals surface area contributed by atoms with Crippen molar-refractivity contribution < 1.29 is 26.7 Å². The summed E-state index contributed by atoms with van der Waals surface area (Å²) in [4.78, 5) is 12.0. The van der Waals surface area contributed by atoms with Gasteiger partial charge in [-0.3, -0.25) is 9.52 Å². The van der Waals surface area contributed by atoms with E-state index >= 15 is 0 Å². The summed E-state index contributed by atoms with van der Waals surface area (Å²) in [7, 11) is -3.90. The molecule has 0 bridgehead atoms. The van der Waals surface area contributed by atoms with Crippen LogP contribution in [0.3, 0.4) is 0 Å². The molecule has 156 valence electrons. The van der Waals surface area contributed by atoms with Gasteiger partial charge in [0.05, 0.1) is 23.6 Å². The summed E-state index contributed by atoms with van der Waals surface area (Å²) in [5.74, 6) is -0.816. The number of carbonyl (C=O) groups excluding carboxylic acids is 1. The average molecular weight is 432 g/mol. The molecule has 0 saturated carbocycles. The Hall–Kier alpha value is -3.46. The Morgan fingerprint density at radius 1 is 0.867 bits per heavy atom. The lowest BCUT2D eigenvalue weighted by atomic mass is 10.3. The summed E-state index contributed by atoms with van der Waals surface area (Å²) in [6.07, 6.45) is 0.0541. The lowest BCUT2D eigenvalue weighted by Crippen LogP contribution is -2.16. The van der Waals surface area contributed by atoms with Crippen molar-refractivity contribution in [2.75, 3.05) is 16.6 Å². The molecule has 3 aromatic rings. The molecule has 1 amide bonds. The number of ether oxygens (including phenoxy) is 1. The summed E-state index contributed by atoms with van der Waals surface area (Å²) >= 11 is 0. The second-order valence-electron chi connectivity index (χ2n) is 6.24. The molecule has 30 heavy (non-hydrogen) atoms. The van der Waals surface area contributed by atoms with Crippen molar-refractivity contribution >= 4 is 27.3 Å². The van der Waals surface area contributed by atoms with Gasteiger partial charge in [0.1, 0.15) is 17.4 Å². The summed E-state index contributed by atoms with van der Waals surface area (Å²) in [5.41, 5.74) is 0.514. The average Bonchev–Trinajstić information content (AvgIpc) is 2.69. The second kappa shape index (κ2) is 9.36. The molecular weight excluding hydrogens is 414 g/mol. The molecule has 0 unspecified atom stereocenters. The zero-order valence-corrected chi connectivity index (χ0v) is 16.5.